The van der Waals surface area contributed by atoms with Gasteiger partial charge in [-0.3, -0.25) is 4.79 Å². The molecule has 1 amide bonds. The van der Waals surface area contributed by atoms with Crippen molar-refractivity contribution in [1.29, 1.82) is 5.26 Å². The molecule has 0 bridgehead atoms. The Morgan fingerprint density at radius 1 is 1.16 bits per heavy atom. The molecule has 4 rings (SSSR count). The van der Waals surface area contributed by atoms with Gasteiger partial charge in [-0.15, -0.1) is 0 Å². The molecule has 0 aliphatic carbocycles. The Labute approximate surface area is 235 Å². The molecule has 38 heavy (non-hydrogen) atoms. The van der Waals surface area contributed by atoms with Crippen molar-refractivity contribution in [2.24, 2.45) is 11.3 Å². The minimum absolute atomic E-state index is 0.0486. The summed E-state index contributed by atoms with van der Waals surface area (Å²) in [7, 11) is 0. The molecule has 0 radical (unpaired) electrons. The lowest BCUT2D eigenvalue weighted by Crippen LogP contribution is -2.49. The van der Waals surface area contributed by atoms with Gasteiger partial charge >= 0.3 is 0 Å². The molecule has 2 aliphatic rings. The van der Waals surface area contributed by atoms with E-state index in [1.54, 1.807) is 24.3 Å². The number of nitriles is 1. The number of rotatable bonds is 4. The van der Waals surface area contributed by atoms with Gasteiger partial charge in [0, 0.05) is 29.1 Å². The fourth-order valence-corrected chi connectivity index (χ4v) is 5.05. The lowest BCUT2D eigenvalue weighted by Gasteiger charge is -2.33. The maximum absolute atomic E-state index is 14.2. The molecule has 2 saturated heterocycles. The predicted octanol–water partition coefficient (Wildman–Crippen LogP) is 6.46. The zero-order valence-electron chi connectivity index (χ0n) is 22.5. The molecule has 2 aliphatic heterocycles. The first-order valence-corrected chi connectivity index (χ1v) is 13.5. The van der Waals surface area contributed by atoms with Gasteiger partial charge in [-0.1, -0.05) is 62.2 Å². The van der Waals surface area contributed by atoms with Gasteiger partial charge < -0.3 is 16.0 Å². The van der Waals surface area contributed by atoms with Crippen molar-refractivity contribution >= 4 is 29.6 Å². The first kappa shape index (κ1) is 32.0. The van der Waals surface area contributed by atoms with Crippen LogP contribution >= 0.6 is 23.2 Å². The third-order valence-corrected chi connectivity index (χ3v) is 7.26. The molecular weight excluding hydrogens is 529 g/mol. The van der Waals surface area contributed by atoms with Gasteiger partial charge in [-0.2, -0.15) is 5.26 Å². The highest BCUT2D eigenvalue weighted by atomic mass is 35.5. The molecule has 0 spiro atoms. The Balaban J connectivity index is 0.000000233. The van der Waals surface area contributed by atoms with E-state index in [4.69, 9.17) is 23.2 Å². The van der Waals surface area contributed by atoms with E-state index in [1.165, 1.54) is 18.2 Å². The van der Waals surface area contributed by atoms with Gasteiger partial charge in [0.25, 0.3) is 0 Å². The number of carbonyl (C=O) groups is 1. The van der Waals surface area contributed by atoms with Crippen LogP contribution in [0.1, 0.15) is 58.4 Å². The summed E-state index contributed by atoms with van der Waals surface area (Å²) >= 11 is 11.3. The van der Waals surface area contributed by atoms with Gasteiger partial charge in [-0.25, -0.2) is 8.78 Å². The van der Waals surface area contributed by atoms with Crippen LogP contribution in [0.15, 0.2) is 42.5 Å². The summed E-state index contributed by atoms with van der Waals surface area (Å²) < 4.78 is 26.2. The van der Waals surface area contributed by atoms with Gasteiger partial charge in [0.2, 0.25) is 6.41 Å². The highest BCUT2D eigenvalue weighted by Gasteiger charge is 2.39. The number of nitrogens with zero attached hydrogens (tertiary/aromatic N) is 1. The van der Waals surface area contributed by atoms with Crippen LogP contribution in [-0.4, -0.2) is 37.6 Å². The number of hydrogen-bond donors (Lipinski definition) is 3. The zero-order chi connectivity index (χ0) is 28.3. The molecule has 0 aromatic heterocycles. The van der Waals surface area contributed by atoms with Gasteiger partial charge in [0.05, 0.1) is 17.0 Å². The Morgan fingerprint density at radius 3 is 2.34 bits per heavy atom. The summed E-state index contributed by atoms with van der Waals surface area (Å²) in [4.78, 5) is 10.1. The number of hydrogen-bond acceptors (Lipinski definition) is 4. The fourth-order valence-electron chi connectivity index (χ4n) is 4.69. The van der Waals surface area contributed by atoms with Crippen LogP contribution in [0.25, 0.3) is 0 Å². The lowest BCUT2D eigenvalue weighted by atomic mass is 9.79. The fraction of sp³-hybridized carbons (Fsp3) is 0.517. The van der Waals surface area contributed by atoms with Crippen LogP contribution in [0.3, 0.4) is 0 Å². The van der Waals surface area contributed by atoms with E-state index in [9.17, 15) is 18.8 Å². The third-order valence-electron chi connectivity index (χ3n) is 6.73. The molecular formula is C29H38Cl2F2N4O. The Bertz CT molecular complexity index is 1060. The second kappa shape index (κ2) is 14.8. The lowest BCUT2D eigenvalue weighted by molar-refractivity contribution is -0.111. The quantitative estimate of drug-likeness (QED) is 0.371. The molecule has 2 aromatic carbocycles. The SMILES string of the molecule is CC(C)(C)CC1NCC(c2cccc(Cl)c2F)C1C#N.CC1(NC=O)CCNCC1.Fc1cccc(Cl)c1. The number of piperidine rings is 1. The number of nitrogens with one attached hydrogen (secondary N) is 3. The van der Waals surface area contributed by atoms with Gasteiger partial charge in [0.15, 0.2) is 0 Å². The van der Waals surface area contributed by atoms with Crippen molar-refractivity contribution in [2.45, 2.75) is 64.5 Å². The van der Waals surface area contributed by atoms with Crippen LogP contribution < -0.4 is 16.0 Å². The number of halogens is 4. The Morgan fingerprint density at radius 2 is 1.82 bits per heavy atom. The average Bonchev–Trinajstić information content (AvgIpc) is 3.22. The monoisotopic (exact) mass is 566 g/mol. The summed E-state index contributed by atoms with van der Waals surface area (Å²) in [5.74, 6) is -1.04. The summed E-state index contributed by atoms with van der Waals surface area (Å²) in [5, 5.41) is 19.5. The molecule has 3 unspecified atom stereocenters. The van der Waals surface area contributed by atoms with Crippen molar-refractivity contribution < 1.29 is 13.6 Å². The average molecular weight is 568 g/mol. The summed E-state index contributed by atoms with van der Waals surface area (Å²) in [6.45, 7) is 11.2. The molecule has 3 atom stereocenters. The van der Waals surface area contributed by atoms with Crippen LogP contribution in [0.2, 0.25) is 10.0 Å². The highest BCUT2D eigenvalue weighted by Crippen LogP contribution is 2.38. The maximum Gasteiger partial charge on any atom is 0.207 e. The van der Waals surface area contributed by atoms with Crippen molar-refractivity contribution in [3.8, 4) is 6.07 Å². The zero-order valence-corrected chi connectivity index (χ0v) is 24.0. The largest absolute Gasteiger partial charge is 0.353 e. The van der Waals surface area contributed by atoms with Gasteiger partial charge in [-0.05, 0) is 74.5 Å². The molecule has 5 nitrogen and oxygen atoms in total. The molecule has 208 valence electrons. The summed E-state index contributed by atoms with van der Waals surface area (Å²) in [6, 6.07) is 13.3. The normalized spacial score (nSPS) is 22.1. The first-order chi connectivity index (χ1) is 17.9. The molecule has 2 fully saturated rings. The first-order valence-electron chi connectivity index (χ1n) is 12.8. The third kappa shape index (κ3) is 10.1. The van der Waals surface area contributed by atoms with E-state index in [1.807, 2.05) is 0 Å². The van der Waals surface area contributed by atoms with E-state index in [2.05, 4.69) is 49.7 Å². The minimum atomic E-state index is -0.391. The van der Waals surface area contributed by atoms with E-state index in [-0.39, 0.29) is 39.7 Å². The second-order valence-electron chi connectivity index (χ2n) is 11.2. The molecule has 9 heteroatoms. The van der Waals surface area contributed by atoms with Crippen LogP contribution in [-0.2, 0) is 4.79 Å². The van der Waals surface area contributed by atoms with Crippen molar-refractivity contribution in [3.05, 3.63) is 69.7 Å². The van der Waals surface area contributed by atoms with E-state index >= 15 is 0 Å². The van der Waals surface area contributed by atoms with E-state index in [0.717, 1.165) is 38.8 Å². The maximum atomic E-state index is 14.2. The number of benzene rings is 2. The predicted molar refractivity (Wildman–Crippen MR) is 150 cm³/mol. The van der Waals surface area contributed by atoms with Crippen molar-refractivity contribution in [1.82, 2.24) is 16.0 Å². The summed E-state index contributed by atoms with van der Waals surface area (Å²) in [5.41, 5.74) is 0.731. The minimum Gasteiger partial charge on any atom is -0.353 e. The van der Waals surface area contributed by atoms with Crippen LogP contribution in [0.5, 0.6) is 0 Å². The Hall–Kier alpha value is -2.24. The summed E-state index contributed by atoms with van der Waals surface area (Å²) in [6.07, 6.45) is 3.76. The topological polar surface area (TPSA) is 77.0 Å². The standard InChI is InChI=1S/C16H20ClFN2.C7H14N2O.C6H4ClF/c1-16(2,3)7-14-11(8-19)12(9-20-14)10-5-4-6-13(17)15(10)18;1-7(9-6-10)2-4-8-5-3-7;7-5-2-1-3-6(8)4-5/h4-6,11-12,14,20H,7,9H2,1-3H3;6,8H,2-5H2,1H3,(H,9,10);1-4H. The van der Waals surface area contributed by atoms with Crippen LogP contribution in [0, 0.1) is 34.3 Å². The van der Waals surface area contributed by atoms with Crippen molar-refractivity contribution in [3.63, 3.8) is 0 Å². The molecule has 3 N–H and O–H groups in total. The van der Waals surface area contributed by atoms with E-state index < -0.39 is 5.82 Å². The highest BCUT2D eigenvalue weighted by molar-refractivity contribution is 6.31. The number of carbonyl (C=O) groups excluding carboxylic acids is 1. The smallest absolute Gasteiger partial charge is 0.207 e. The second-order valence-corrected chi connectivity index (χ2v) is 12.0. The van der Waals surface area contributed by atoms with E-state index in [0.29, 0.717) is 17.1 Å². The molecule has 2 heterocycles. The van der Waals surface area contributed by atoms with Crippen molar-refractivity contribution in [2.75, 3.05) is 19.6 Å². The number of amides is 1. The van der Waals surface area contributed by atoms with Gasteiger partial charge in [0.1, 0.15) is 11.6 Å². The molecule has 0 saturated carbocycles. The molecule has 2 aromatic rings. The Kier molecular flexibility index (Phi) is 12.4. The van der Waals surface area contributed by atoms with Crippen LogP contribution in [0.4, 0.5) is 8.78 Å².